The third kappa shape index (κ3) is 5.35. The first kappa shape index (κ1) is 24.4. The van der Waals surface area contributed by atoms with E-state index in [1.165, 1.54) is 0 Å². The van der Waals surface area contributed by atoms with Gasteiger partial charge in [-0.15, -0.1) is 0 Å². The van der Waals surface area contributed by atoms with Gasteiger partial charge >= 0.3 is 12.1 Å². The molecule has 2 aromatic carbocycles. The normalized spacial score (nSPS) is 13.0. The number of alkyl carbamates (subject to hydrolysis) is 1. The second-order valence-electron chi connectivity index (χ2n) is 8.49. The summed E-state index contributed by atoms with van der Waals surface area (Å²) in [5, 5.41) is 15.0. The number of aromatic carboxylic acids is 1. The van der Waals surface area contributed by atoms with E-state index < -0.39 is 24.0 Å². The Morgan fingerprint density at radius 2 is 1.71 bits per heavy atom. The number of benzene rings is 2. The molecule has 1 aromatic heterocycles. The van der Waals surface area contributed by atoms with Crippen LogP contribution >= 0.6 is 11.5 Å². The number of hydrogen-bond acceptors (Lipinski definition) is 6. The molecule has 1 aliphatic rings. The molecule has 0 radical (unpaired) electrons. The smallest absolute Gasteiger partial charge is 0.407 e. The SMILES string of the molecule is CCCC(CC(=O)Nc1snc(C)c1C(=O)O)NC(=O)OCC1c2ccccc2-c2ccccc21. The van der Waals surface area contributed by atoms with Gasteiger partial charge in [0.2, 0.25) is 5.91 Å². The Kier molecular flexibility index (Phi) is 7.45. The van der Waals surface area contributed by atoms with E-state index in [1.807, 2.05) is 31.2 Å². The maximum absolute atomic E-state index is 12.6. The lowest BCUT2D eigenvalue weighted by Gasteiger charge is -2.19. The van der Waals surface area contributed by atoms with Crippen molar-refractivity contribution in [1.82, 2.24) is 9.69 Å². The van der Waals surface area contributed by atoms with Crippen molar-refractivity contribution in [3.63, 3.8) is 0 Å². The standard InChI is InChI=1S/C26H27N3O5S/c1-3-8-16(13-22(30)28-24-23(25(31)32)15(2)29-35-24)27-26(33)34-14-21-19-11-6-4-9-17(19)18-10-5-7-12-20(18)21/h4-7,9-12,16,21H,3,8,13-14H2,1-2H3,(H,27,33)(H,28,30)(H,31,32). The molecule has 2 amide bonds. The minimum absolute atomic E-state index is 0.00591. The molecule has 1 aliphatic carbocycles. The molecule has 1 heterocycles. The predicted octanol–water partition coefficient (Wildman–Crippen LogP) is 5.19. The van der Waals surface area contributed by atoms with Crippen LogP contribution in [0.25, 0.3) is 11.1 Å². The Labute approximate surface area is 207 Å². The first-order chi connectivity index (χ1) is 16.9. The van der Waals surface area contributed by atoms with Crippen LogP contribution in [0, 0.1) is 6.92 Å². The summed E-state index contributed by atoms with van der Waals surface area (Å²) in [6.45, 7) is 3.72. The van der Waals surface area contributed by atoms with Gasteiger partial charge in [-0.3, -0.25) is 4.79 Å². The van der Waals surface area contributed by atoms with Gasteiger partial charge in [-0.1, -0.05) is 61.9 Å². The van der Waals surface area contributed by atoms with Gasteiger partial charge in [0.15, 0.2) is 0 Å². The van der Waals surface area contributed by atoms with E-state index in [9.17, 15) is 19.5 Å². The van der Waals surface area contributed by atoms with E-state index in [1.54, 1.807) is 6.92 Å². The van der Waals surface area contributed by atoms with Crippen LogP contribution in [0.5, 0.6) is 0 Å². The van der Waals surface area contributed by atoms with Crippen molar-refractivity contribution < 1.29 is 24.2 Å². The van der Waals surface area contributed by atoms with Crippen molar-refractivity contribution >= 4 is 34.5 Å². The minimum Gasteiger partial charge on any atom is -0.478 e. The van der Waals surface area contributed by atoms with Crippen molar-refractivity contribution in [2.75, 3.05) is 11.9 Å². The van der Waals surface area contributed by atoms with Crippen molar-refractivity contribution in [1.29, 1.82) is 0 Å². The Morgan fingerprint density at radius 3 is 2.31 bits per heavy atom. The van der Waals surface area contributed by atoms with Gasteiger partial charge < -0.3 is 20.5 Å². The summed E-state index contributed by atoms with van der Waals surface area (Å²) in [5.41, 5.74) is 4.88. The number of carboxylic acids is 1. The summed E-state index contributed by atoms with van der Waals surface area (Å²) in [5.74, 6) is -1.59. The number of ether oxygens (including phenoxy) is 1. The molecular formula is C26H27N3O5S. The zero-order chi connectivity index (χ0) is 24.9. The second-order valence-corrected chi connectivity index (χ2v) is 9.26. The highest BCUT2D eigenvalue weighted by Crippen LogP contribution is 2.44. The van der Waals surface area contributed by atoms with Crippen LogP contribution in [0.2, 0.25) is 0 Å². The van der Waals surface area contributed by atoms with Gasteiger partial charge in [-0.25, -0.2) is 9.59 Å². The number of aryl methyl sites for hydroxylation is 1. The first-order valence-corrected chi connectivity index (χ1v) is 12.3. The number of fused-ring (bicyclic) bond motifs is 3. The molecule has 8 nitrogen and oxygen atoms in total. The summed E-state index contributed by atoms with van der Waals surface area (Å²) >= 11 is 0.923. The molecule has 9 heteroatoms. The second kappa shape index (κ2) is 10.7. The average Bonchev–Trinajstić information content (AvgIpc) is 3.35. The maximum Gasteiger partial charge on any atom is 0.407 e. The number of nitrogens with zero attached hydrogens (tertiary/aromatic N) is 1. The molecule has 4 rings (SSSR count). The quantitative estimate of drug-likeness (QED) is 0.378. The first-order valence-electron chi connectivity index (χ1n) is 11.5. The number of carbonyl (C=O) groups is 3. The summed E-state index contributed by atoms with van der Waals surface area (Å²) in [7, 11) is 0. The van der Waals surface area contributed by atoms with E-state index in [2.05, 4.69) is 39.3 Å². The molecule has 3 N–H and O–H groups in total. The van der Waals surface area contributed by atoms with Crippen LogP contribution in [0.3, 0.4) is 0 Å². The summed E-state index contributed by atoms with van der Waals surface area (Å²) in [4.78, 5) is 36.7. The van der Waals surface area contributed by atoms with Crippen molar-refractivity contribution in [3.05, 3.63) is 70.9 Å². The lowest BCUT2D eigenvalue weighted by molar-refractivity contribution is -0.116. The van der Waals surface area contributed by atoms with Gasteiger partial charge in [0.05, 0.1) is 5.69 Å². The number of hydrogen-bond donors (Lipinski definition) is 3. The molecule has 1 atom stereocenters. The number of carboxylic acid groups (broad SMARTS) is 1. The van der Waals surface area contributed by atoms with E-state index in [4.69, 9.17) is 4.74 Å². The third-order valence-electron chi connectivity index (χ3n) is 6.06. The Morgan fingerprint density at radius 1 is 1.09 bits per heavy atom. The molecule has 0 bridgehead atoms. The van der Waals surface area contributed by atoms with Crippen LogP contribution < -0.4 is 10.6 Å². The van der Waals surface area contributed by atoms with Crippen LogP contribution in [-0.4, -0.2) is 40.1 Å². The Hall–Kier alpha value is -3.72. The van der Waals surface area contributed by atoms with E-state index in [0.29, 0.717) is 12.1 Å². The molecule has 35 heavy (non-hydrogen) atoms. The fourth-order valence-corrected chi connectivity index (χ4v) is 5.29. The van der Waals surface area contributed by atoms with Crippen molar-refractivity contribution in [3.8, 4) is 11.1 Å². The van der Waals surface area contributed by atoms with Gasteiger partial charge in [0.1, 0.15) is 17.2 Å². The van der Waals surface area contributed by atoms with E-state index >= 15 is 0 Å². The van der Waals surface area contributed by atoms with Gasteiger partial charge in [-0.2, -0.15) is 4.37 Å². The Balaban J connectivity index is 1.37. The molecule has 0 saturated heterocycles. The highest BCUT2D eigenvalue weighted by atomic mass is 32.1. The number of carbonyl (C=O) groups excluding carboxylic acids is 2. The van der Waals surface area contributed by atoms with Crippen molar-refractivity contribution in [2.24, 2.45) is 0 Å². The average molecular weight is 494 g/mol. The van der Waals surface area contributed by atoms with Crippen LogP contribution in [0.4, 0.5) is 9.80 Å². The Bertz CT molecular complexity index is 1210. The van der Waals surface area contributed by atoms with Crippen LogP contribution in [0.1, 0.15) is 59.3 Å². The van der Waals surface area contributed by atoms with E-state index in [0.717, 1.165) is 40.2 Å². The van der Waals surface area contributed by atoms with Crippen LogP contribution in [-0.2, 0) is 9.53 Å². The molecule has 0 aliphatic heterocycles. The monoisotopic (exact) mass is 493 g/mol. The number of rotatable bonds is 9. The lowest BCUT2D eigenvalue weighted by Crippen LogP contribution is -2.38. The van der Waals surface area contributed by atoms with Gasteiger partial charge in [0, 0.05) is 18.4 Å². The van der Waals surface area contributed by atoms with E-state index in [-0.39, 0.29) is 29.5 Å². The summed E-state index contributed by atoms with van der Waals surface area (Å²) < 4.78 is 9.61. The fourth-order valence-electron chi connectivity index (χ4n) is 4.49. The largest absolute Gasteiger partial charge is 0.478 e. The number of aromatic nitrogens is 1. The fraction of sp³-hybridized carbons (Fsp3) is 0.308. The van der Waals surface area contributed by atoms with Crippen molar-refractivity contribution in [2.45, 2.75) is 45.1 Å². The minimum atomic E-state index is -1.14. The topological polar surface area (TPSA) is 118 Å². The third-order valence-corrected chi connectivity index (χ3v) is 6.92. The molecule has 182 valence electrons. The number of anilines is 1. The summed E-state index contributed by atoms with van der Waals surface area (Å²) in [6, 6.07) is 15.8. The zero-order valence-electron chi connectivity index (χ0n) is 19.5. The van der Waals surface area contributed by atoms with Crippen LogP contribution in [0.15, 0.2) is 48.5 Å². The molecular weight excluding hydrogens is 466 g/mol. The predicted molar refractivity (Wildman–Crippen MR) is 134 cm³/mol. The van der Waals surface area contributed by atoms with Gasteiger partial charge in [-0.05, 0) is 47.1 Å². The molecule has 3 aromatic rings. The molecule has 0 saturated carbocycles. The maximum atomic E-state index is 12.6. The summed E-state index contributed by atoms with van der Waals surface area (Å²) in [6.07, 6.45) is 0.735. The highest BCUT2D eigenvalue weighted by Gasteiger charge is 2.29. The number of nitrogens with one attached hydrogen (secondary N) is 2. The highest BCUT2D eigenvalue weighted by molar-refractivity contribution is 7.11. The van der Waals surface area contributed by atoms with Gasteiger partial charge in [0.25, 0.3) is 0 Å². The zero-order valence-corrected chi connectivity index (χ0v) is 20.4. The molecule has 0 fully saturated rings. The molecule has 0 spiro atoms. The molecule has 1 unspecified atom stereocenters. The number of amides is 2. The lowest BCUT2D eigenvalue weighted by atomic mass is 9.98.